The van der Waals surface area contributed by atoms with Gasteiger partial charge >= 0.3 is 0 Å². The maximum Gasteiger partial charge on any atom is 0.198 e. The van der Waals surface area contributed by atoms with Gasteiger partial charge in [-0.15, -0.1) is 0 Å². The first-order chi connectivity index (χ1) is 6.86. The van der Waals surface area contributed by atoms with Crippen LogP contribution in [0.15, 0.2) is 22.8 Å². The largest absolute Gasteiger partial charge is 0.461 e. The summed E-state index contributed by atoms with van der Waals surface area (Å²) in [5.41, 5.74) is 0. The number of ketones is 1. The molecule has 0 N–H and O–H groups in total. The summed E-state index contributed by atoms with van der Waals surface area (Å²) in [6.07, 6.45) is 4.58. The van der Waals surface area contributed by atoms with Crippen LogP contribution in [0, 0.1) is 5.92 Å². The van der Waals surface area contributed by atoms with Gasteiger partial charge in [0.2, 0.25) is 0 Å². The van der Waals surface area contributed by atoms with Gasteiger partial charge in [0.1, 0.15) is 0 Å². The minimum Gasteiger partial charge on any atom is -0.461 e. The Labute approximate surface area is 88.1 Å². The molecule has 0 saturated carbocycles. The average Bonchev–Trinajstić information content (AvgIpc) is 2.72. The van der Waals surface area contributed by atoms with E-state index in [0.717, 1.165) is 0 Å². The molecule has 1 fully saturated rings. The number of Topliss-reactive ketones (excluding diaryl/α,β-unsaturated/α-hetero) is 1. The van der Waals surface area contributed by atoms with Crippen molar-refractivity contribution in [1.29, 1.82) is 0 Å². The molecule has 0 radical (unpaired) electrons. The summed E-state index contributed by atoms with van der Waals surface area (Å²) in [5, 5.41) is 0. The molecule has 0 unspecified atom stereocenters. The summed E-state index contributed by atoms with van der Waals surface area (Å²) in [7, 11) is 0. The van der Waals surface area contributed by atoms with E-state index < -0.39 is 0 Å². The van der Waals surface area contributed by atoms with Crippen molar-refractivity contribution in [2.24, 2.45) is 5.92 Å². The van der Waals surface area contributed by atoms with Crippen molar-refractivity contribution in [2.45, 2.75) is 19.3 Å². The van der Waals surface area contributed by atoms with Crippen LogP contribution in [0.5, 0.6) is 0 Å². The van der Waals surface area contributed by atoms with Gasteiger partial charge in [0.25, 0.3) is 0 Å². The molecule has 3 heteroatoms. The van der Waals surface area contributed by atoms with Crippen molar-refractivity contribution in [3.63, 3.8) is 0 Å². The Morgan fingerprint density at radius 3 is 2.93 bits per heavy atom. The molecule has 76 valence electrons. The average molecular weight is 210 g/mol. The van der Waals surface area contributed by atoms with Crippen LogP contribution in [-0.2, 0) is 0 Å². The highest BCUT2D eigenvalue weighted by atomic mass is 32.2. The predicted molar refractivity (Wildman–Crippen MR) is 57.7 cm³/mol. The lowest BCUT2D eigenvalue weighted by Gasteiger charge is -2.19. The maximum absolute atomic E-state index is 11.7. The molecule has 2 nitrogen and oxygen atoms in total. The number of thioether (sulfide) groups is 1. The molecule has 0 atom stereocenters. The quantitative estimate of drug-likeness (QED) is 0.718. The van der Waals surface area contributed by atoms with Gasteiger partial charge in [-0.2, -0.15) is 11.8 Å². The molecule has 0 bridgehead atoms. The summed E-state index contributed by atoms with van der Waals surface area (Å²) in [6, 6.07) is 3.52. The van der Waals surface area contributed by atoms with Crippen LogP contribution < -0.4 is 0 Å². The van der Waals surface area contributed by atoms with Crippen LogP contribution in [0.2, 0.25) is 0 Å². The molecule has 2 heterocycles. The fraction of sp³-hybridized carbons (Fsp3) is 0.545. The highest BCUT2D eigenvalue weighted by Gasteiger charge is 2.19. The Kier molecular flexibility index (Phi) is 3.30. The van der Waals surface area contributed by atoms with E-state index in [1.165, 1.54) is 24.3 Å². The van der Waals surface area contributed by atoms with Crippen LogP contribution in [0.25, 0.3) is 0 Å². The normalized spacial score (nSPS) is 18.3. The van der Waals surface area contributed by atoms with Gasteiger partial charge in [-0.1, -0.05) is 0 Å². The van der Waals surface area contributed by atoms with Gasteiger partial charge < -0.3 is 4.42 Å². The summed E-state index contributed by atoms with van der Waals surface area (Å²) in [6.45, 7) is 0. The monoisotopic (exact) mass is 210 g/mol. The first-order valence-corrected chi connectivity index (χ1v) is 6.16. The molecule has 0 spiro atoms. The second kappa shape index (κ2) is 4.69. The number of carbonyl (C=O) groups is 1. The number of furan rings is 1. The summed E-state index contributed by atoms with van der Waals surface area (Å²) in [5.74, 6) is 3.66. The zero-order chi connectivity index (χ0) is 9.80. The molecule has 1 aromatic rings. The lowest BCUT2D eigenvalue weighted by atomic mass is 9.96. The molecule has 0 aliphatic carbocycles. The SMILES string of the molecule is O=C(CC1CCSCC1)c1ccco1. The Hall–Kier alpha value is -0.700. The van der Waals surface area contributed by atoms with Gasteiger partial charge in [-0.25, -0.2) is 0 Å². The van der Waals surface area contributed by atoms with Crippen molar-refractivity contribution in [3.8, 4) is 0 Å². The number of hydrogen-bond donors (Lipinski definition) is 0. The van der Waals surface area contributed by atoms with Gasteiger partial charge in [-0.05, 0) is 42.4 Å². The maximum atomic E-state index is 11.7. The third-order valence-corrected chi connectivity index (χ3v) is 3.66. The zero-order valence-electron chi connectivity index (χ0n) is 8.07. The molecule has 2 rings (SSSR count). The van der Waals surface area contributed by atoms with Crippen LogP contribution in [-0.4, -0.2) is 17.3 Å². The van der Waals surface area contributed by atoms with Crippen molar-refractivity contribution in [1.82, 2.24) is 0 Å². The topological polar surface area (TPSA) is 30.2 Å². The van der Waals surface area contributed by atoms with Gasteiger partial charge in [-0.3, -0.25) is 4.79 Å². The van der Waals surface area contributed by atoms with Crippen molar-refractivity contribution in [2.75, 3.05) is 11.5 Å². The molecule has 0 aromatic carbocycles. The standard InChI is InChI=1S/C11H14O2S/c12-10(11-2-1-5-13-11)8-9-3-6-14-7-4-9/h1-2,5,9H,3-4,6-8H2. The number of carbonyl (C=O) groups excluding carboxylic acids is 1. The molecule has 14 heavy (non-hydrogen) atoms. The van der Waals surface area contributed by atoms with E-state index in [1.54, 1.807) is 18.4 Å². The minimum absolute atomic E-state index is 0.159. The van der Waals surface area contributed by atoms with Crippen molar-refractivity contribution < 1.29 is 9.21 Å². The van der Waals surface area contributed by atoms with E-state index in [4.69, 9.17) is 4.42 Å². The summed E-state index contributed by atoms with van der Waals surface area (Å²) < 4.78 is 5.08. The third kappa shape index (κ3) is 2.41. The Bertz CT molecular complexity index is 286. The second-order valence-corrected chi connectivity index (χ2v) is 4.89. The fourth-order valence-electron chi connectivity index (χ4n) is 1.75. The molecule has 1 saturated heterocycles. The van der Waals surface area contributed by atoms with Crippen molar-refractivity contribution in [3.05, 3.63) is 24.2 Å². The number of rotatable bonds is 3. The number of hydrogen-bond acceptors (Lipinski definition) is 3. The van der Waals surface area contributed by atoms with E-state index >= 15 is 0 Å². The molecular formula is C11H14O2S. The lowest BCUT2D eigenvalue weighted by molar-refractivity contribution is 0.0931. The molecule has 0 amide bonds. The zero-order valence-corrected chi connectivity index (χ0v) is 8.89. The summed E-state index contributed by atoms with van der Waals surface area (Å²) >= 11 is 1.99. The Morgan fingerprint density at radius 2 is 2.29 bits per heavy atom. The fourth-order valence-corrected chi connectivity index (χ4v) is 2.95. The van der Waals surface area contributed by atoms with E-state index in [1.807, 2.05) is 11.8 Å². The molecule has 1 aliphatic heterocycles. The first-order valence-electron chi connectivity index (χ1n) is 5.00. The highest BCUT2D eigenvalue weighted by molar-refractivity contribution is 7.99. The van der Waals surface area contributed by atoms with Crippen LogP contribution in [0.4, 0.5) is 0 Å². The van der Waals surface area contributed by atoms with Gasteiger partial charge in [0.05, 0.1) is 6.26 Å². The Balaban J connectivity index is 1.87. The third-order valence-electron chi connectivity index (χ3n) is 2.61. The van der Waals surface area contributed by atoms with E-state index in [9.17, 15) is 4.79 Å². The Morgan fingerprint density at radius 1 is 1.50 bits per heavy atom. The lowest BCUT2D eigenvalue weighted by Crippen LogP contribution is -2.14. The van der Waals surface area contributed by atoms with Gasteiger partial charge in [0, 0.05) is 6.42 Å². The van der Waals surface area contributed by atoms with Crippen LogP contribution in [0.1, 0.15) is 29.8 Å². The van der Waals surface area contributed by atoms with Gasteiger partial charge in [0.15, 0.2) is 11.5 Å². The van der Waals surface area contributed by atoms with E-state index in [2.05, 4.69) is 0 Å². The molecule has 1 aliphatic rings. The second-order valence-electron chi connectivity index (χ2n) is 3.66. The smallest absolute Gasteiger partial charge is 0.198 e. The predicted octanol–water partition coefficient (Wildman–Crippen LogP) is 3.00. The molecule has 1 aromatic heterocycles. The van der Waals surface area contributed by atoms with E-state index in [-0.39, 0.29) is 5.78 Å². The van der Waals surface area contributed by atoms with E-state index in [0.29, 0.717) is 18.1 Å². The summed E-state index contributed by atoms with van der Waals surface area (Å²) in [4.78, 5) is 11.7. The minimum atomic E-state index is 0.159. The van der Waals surface area contributed by atoms with Crippen molar-refractivity contribution >= 4 is 17.5 Å². The molecular weight excluding hydrogens is 196 g/mol. The first kappa shape index (κ1) is 9.84. The van der Waals surface area contributed by atoms with Crippen LogP contribution in [0.3, 0.4) is 0 Å². The highest BCUT2D eigenvalue weighted by Crippen LogP contribution is 2.26. The van der Waals surface area contributed by atoms with Crippen LogP contribution >= 0.6 is 11.8 Å².